The molecule has 1 unspecified atom stereocenters. The van der Waals surface area contributed by atoms with Crippen LogP contribution in [0.5, 0.6) is 0 Å². The highest BCUT2D eigenvalue weighted by atomic mass is 16.4. The Bertz CT molecular complexity index is 298. The Balaban J connectivity index is 2.44. The van der Waals surface area contributed by atoms with Crippen molar-refractivity contribution in [2.75, 3.05) is 0 Å². The van der Waals surface area contributed by atoms with Crippen molar-refractivity contribution in [1.82, 2.24) is 10.6 Å². The topological polar surface area (TPSA) is 78.4 Å². The number of carbonyl (C=O) groups excluding carboxylic acids is 1. The van der Waals surface area contributed by atoms with E-state index in [4.69, 9.17) is 5.11 Å². The Hall–Kier alpha value is -1.26. The molecule has 5 heteroatoms. The van der Waals surface area contributed by atoms with Gasteiger partial charge in [-0.15, -0.1) is 0 Å². The molecule has 1 aliphatic rings. The second-order valence-corrected chi connectivity index (χ2v) is 5.38. The summed E-state index contributed by atoms with van der Waals surface area (Å²) in [6, 6.07) is -0.504. The molecular formula is C12H22N2O3. The van der Waals surface area contributed by atoms with E-state index >= 15 is 0 Å². The summed E-state index contributed by atoms with van der Waals surface area (Å²) in [6.07, 6.45) is 2.85. The van der Waals surface area contributed by atoms with Crippen LogP contribution in [-0.4, -0.2) is 28.7 Å². The molecule has 2 amide bonds. The number of hydrogen-bond donors (Lipinski definition) is 3. The van der Waals surface area contributed by atoms with E-state index in [1.807, 2.05) is 20.8 Å². The van der Waals surface area contributed by atoms with Crippen LogP contribution >= 0.6 is 0 Å². The van der Waals surface area contributed by atoms with Crippen molar-refractivity contribution in [1.29, 1.82) is 0 Å². The van der Waals surface area contributed by atoms with Gasteiger partial charge in [-0.2, -0.15) is 0 Å². The lowest BCUT2D eigenvalue weighted by atomic mass is 10.0. The van der Waals surface area contributed by atoms with E-state index in [9.17, 15) is 9.59 Å². The van der Waals surface area contributed by atoms with E-state index in [0.717, 1.165) is 19.3 Å². The predicted octanol–water partition coefficient (Wildman–Crippen LogP) is 1.73. The standard InChI is InChI=1S/C12H22N2O3/c1-4-12(2,3)14-11(17)13-9(7-10(15)16)8-5-6-8/h8-9H,4-7H2,1-3H3,(H,15,16)(H2,13,14,17). The van der Waals surface area contributed by atoms with Gasteiger partial charge < -0.3 is 15.7 Å². The fourth-order valence-corrected chi connectivity index (χ4v) is 1.62. The molecule has 1 rings (SSSR count). The van der Waals surface area contributed by atoms with Crippen LogP contribution in [0.3, 0.4) is 0 Å². The lowest BCUT2D eigenvalue weighted by Crippen LogP contribution is -2.51. The quantitative estimate of drug-likeness (QED) is 0.663. The summed E-state index contributed by atoms with van der Waals surface area (Å²) in [6.45, 7) is 5.88. The number of amides is 2. The minimum absolute atomic E-state index is 0.00460. The van der Waals surface area contributed by atoms with Crippen LogP contribution in [0.4, 0.5) is 4.79 Å². The summed E-state index contributed by atoms with van der Waals surface area (Å²) >= 11 is 0. The van der Waals surface area contributed by atoms with Crippen molar-refractivity contribution in [3.8, 4) is 0 Å². The first-order chi connectivity index (χ1) is 7.84. The van der Waals surface area contributed by atoms with E-state index in [-0.39, 0.29) is 24.0 Å². The molecule has 1 fully saturated rings. The van der Waals surface area contributed by atoms with Gasteiger partial charge in [-0.3, -0.25) is 4.79 Å². The van der Waals surface area contributed by atoms with Crippen LogP contribution in [0, 0.1) is 5.92 Å². The number of carboxylic acid groups (broad SMARTS) is 1. The van der Waals surface area contributed by atoms with E-state index < -0.39 is 5.97 Å². The van der Waals surface area contributed by atoms with Gasteiger partial charge in [-0.1, -0.05) is 6.92 Å². The smallest absolute Gasteiger partial charge is 0.315 e. The number of nitrogens with one attached hydrogen (secondary N) is 2. The number of hydrogen-bond acceptors (Lipinski definition) is 2. The maximum atomic E-state index is 11.7. The lowest BCUT2D eigenvalue weighted by molar-refractivity contribution is -0.137. The molecule has 1 saturated carbocycles. The molecule has 0 aromatic rings. The number of urea groups is 1. The second-order valence-electron chi connectivity index (χ2n) is 5.38. The summed E-state index contributed by atoms with van der Waals surface area (Å²) in [4.78, 5) is 22.4. The summed E-state index contributed by atoms with van der Waals surface area (Å²) < 4.78 is 0. The predicted molar refractivity (Wildman–Crippen MR) is 64.8 cm³/mol. The summed E-state index contributed by atoms with van der Waals surface area (Å²) in [5, 5.41) is 14.4. The summed E-state index contributed by atoms with van der Waals surface area (Å²) in [5.74, 6) is -0.529. The maximum Gasteiger partial charge on any atom is 0.315 e. The van der Waals surface area contributed by atoms with Crippen LogP contribution in [0.1, 0.15) is 46.5 Å². The molecule has 98 valence electrons. The van der Waals surface area contributed by atoms with Gasteiger partial charge in [0.2, 0.25) is 0 Å². The fraction of sp³-hybridized carbons (Fsp3) is 0.833. The average molecular weight is 242 g/mol. The lowest BCUT2D eigenvalue weighted by Gasteiger charge is -2.26. The third-order valence-electron chi connectivity index (χ3n) is 3.24. The Labute approximate surface area is 102 Å². The Morgan fingerprint density at radius 2 is 2.00 bits per heavy atom. The molecule has 3 N–H and O–H groups in total. The normalized spacial score (nSPS) is 17.4. The number of aliphatic carboxylic acids is 1. The number of rotatable bonds is 6. The molecule has 17 heavy (non-hydrogen) atoms. The van der Waals surface area contributed by atoms with Crippen LogP contribution in [0.15, 0.2) is 0 Å². The largest absolute Gasteiger partial charge is 0.481 e. The first-order valence-corrected chi connectivity index (χ1v) is 6.14. The van der Waals surface area contributed by atoms with Gasteiger partial charge in [0.15, 0.2) is 0 Å². The van der Waals surface area contributed by atoms with Crippen LogP contribution in [-0.2, 0) is 4.79 Å². The Kier molecular flexibility index (Phi) is 4.37. The highest BCUT2D eigenvalue weighted by Crippen LogP contribution is 2.34. The fourth-order valence-electron chi connectivity index (χ4n) is 1.62. The number of carbonyl (C=O) groups is 2. The van der Waals surface area contributed by atoms with E-state index in [0.29, 0.717) is 5.92 Å². The van der Waals surface area contributed by atoms with Gasteiger partial charge in [0, 0.05) is 11.6 Å². The van der Waals surface area contributed by atoms with Gasteiger partial charge >= 0.3 is 12.0 Å². The van der Waals surface area contributed by atoms with E-state index in [1.54, 1.807) is 0 Å². The Morgan fingerprint density at radius 3 is 2.41 bits per heavy atom. The third kappa shape index (κ3) is 5.06. The minimum atomic E-state index is -0.864. The number of carboxylic acids is 1. The molecule has 1 aliphatic carbocycles. The van der Waals surface area contributed by atoms with Crippen LogP contribution in [0.25, 0.3) is 0 Å². The first-order valence-electron chi connectivity index (χ1n) is 6.14. The van der Waals surface area contributed by atoms with Crippen molar-refractivity contribution >= 4 is 12.0 Å². The zero-order valence-corrected chi connectivity index (χ0v) is 10.7. The van der Waals surface area contributed by atoms with Crippen molar-refractivity contribution in [2.24, 2.45) is 5.92 Å². The third-order valence-corrected chi connectivity index (χ3v) is 3.24. The van der Waals surface area contributed by atoms with Crippen molar-refractivity contribution in [3.63, 3.8) is 0 Å². The molecule has 0 aromatic carbocycles. The average Bonchev–Trinajstić information content (AvgIpc) is 2.98. The zero-order chi connectivity index (χ0) is 13.1. The summed E-state index contributed by atoms with van der Waals surface area (Å²) in [5.41, 5.74) is -0.262. The summed E-state index contributed by atoms with van der Waals surface area (Å²) in [7, 11) is 0. The molecule has 0 saturated heterocycles. The van der Waals surface area contributed by atoms with E-state index in [2.05, 4.69) is 10.6 Å². The van der Waals surface area contributed by atoms with Crippen molar-refractivity contribution in [3.05, 3.63) is 0 Å². The molecule has 0 heterocycles. The van der Waals surface area contributed by atoms with Gasteiger partial charge in [-0.25, -0.2) is 4.79 Å². The van der Waals surface area contributed by atoms with Gasteiger partial charge in [0.25, 0.3) is 0 Å². The van der Waals surface area contributed by atoms with Crippen molar-refractivity contribution < 1.29 is 14.7 Å². The van der Waals surface area contributed by atoms with Gasteiger partial charge in [-0.05, 0) is 39.0 Å². The van der Waals surface area contributed by atoms with Gasteiger partial charge in [0.1, 0.15) is 0 Å². The second kappa shape index (κ2) is 5.38. The highest BCUT2D eigenvalue weighted by Gasteiger charge is 2.34. The highest BCUT2D eigenvalue weighted by molar-refractivity contribution is 5.76. The Morgan fingerprint density at radius 1 is 1.41 bits per heavy atom. The minimum Gasteiger partial charge on any atom is -0.481 e. The zero-order valence-electron chi connectivity index (χ0n) is 10.7. The van der Waals surface area contributed by atoms with Crippen LogP contribution < -0.4 is 10.6 Å². The van der Waals surface area contributed by atoms with Crippen LogP contribution in [0.2, 0.25) is 0 Å². The molecule has 0 radical (unpaired) electrons. The molecular weight excluding hydrogens is 220 g/mol. The molecule has 1 atom stereocenters. The van der Waals surface area contributed by atoms with E-state index in [1.165, 1.54) is 0 Å². The molecule has 0 aromatic heterocycles. The molecule has 0 spiro atoms. The van der Waals surface area contributed by atoms with Gasteiger partial charge in [0.05, 0.1) is 6.42 Å². The maximum absolute atomic E-state index is 11.7. The monoisotopic (exact) mass is 242 g/mol. The SMILES string of the molecule is CCC(C)(C)NC(=O)NC(CC(=O)O)C1CC1. The first kappa shape index (κ1) is 13.8. The molecule has 5 nitrogen and oxygen atoms in total. The molecule has 0 bridgehead atoms. The van der Waals surface area contributed by atoms with Crippen molar-refractivity contribution in [2.45, 2.75) is 58.0 Å². The molecule has 0 aliphatic heterocycles.